The van der Waals surface area contributed by atoms with Gasteiger partial charge < -0.3 is 15.4 Å². The van der Waals surface area contributed by atoms with Crippen LogP contribution < -0.4 is 15.4 Å². The predicted molar refractivity (Wildman–Crippen MR) is 74.8 cm³/mol. The Morgan fingerprint density at radius 2 is 1.95 bits per heavy atom. The lowest BCUT2D eigenvalue weighted by Crippen LogP contribution is -2.15. The molecule has 0 aliphatic carbocycles. The molecule has 0 spiro atoms. The average Bonchev–Trinajstić information content (AvgIpc) is 2.33. The second kappa shape index (κ2) is 5.27. The van der Waals surface area contributed by atoms with E-state index < -0.39 is 0 Å². The van der Waals surface area contributed by atoms with Crippen molar-refractivity contribution >= 4 is 23.5 Å². The average molecular weight is 280 g/mol. The lowest BCUT2D eigenvalue weighted by Gasteiger charge is -2.12. The van der Waals surface area contributed by atoms with Crippen molar-refractivity contribution < 1.29 is 4.74 Å². The van der Waals surface area contributed by atoms with E-state index in [1.54, 1.807) is 31.1 Å². The number of nitrogens with two attached hydrogens (primary N) is 1. The van der Waals surface area contributed by atoms with E-state index in [-0.39, 0.29) is 12.0 Å². The Bertz CT molecular complexity index is 603. The van der Waals surface area contributed by atoms with Gasteiger partial charge in [0.05, 0.1) is 5.02 Å². The topological polar surface area (TPSA) is 77.2 Å². The molecule has 6 nitrogen and oxygen atoms in total. The molecular formula is C12H14ClN5O. The monoisotopic (exact) mass is 279 g/mol. The minimum atomic E-state index is 0.0949. The second-order valence-corrected chi connectivity index (χ2v) is 4.61. The van der Waals surface area contributed by atoms with E-state index in [1.807, 2.05) is 13.0 Å². The van der Waals surface area contributed by atoms with E-state index in [4.69, 9.17) is 22.1 Å². The molecule has 0 atom stereocenters. The van der Waals surface area contributed by atoms with Crippen LogP contribution in [0.5, 0.6) is 11.8 Å². The fourth-order valence-corrected chi connectivity index (χ4v) is 1.55. The van der Waals surface area contributed by atoms with Crippen LogP contribution in [0.3, 0.4) is 0 Å². The number of nitrogen functional groups attached to an aromatic ring is 1. The fraction of sp³-hybridized carbons (Fsp3) is 0.250. The van der Waals surface area contributed by atoms with Crippen LogP contribution in [-0.2, 0) is 0 Å². The van der Waals surface area contributed by atoms with Crippen molar-refractivity contribution in [3.05, 3.63) is 28.8 Å². The van der Waals surface area contributed by atoms with Crippen molar-refractivity contribution in [2.45, 2.75) is 6.92 Å². The van der Waals surface area contributed by atoms with Crippen LogP contribution in [0.15, 0.2) is 18.2 Å². The number of aromatic nitrogens is 3. The van der Waals surface area contributed by atoms with E-state index in [0.717, 1.165) is 5.56 Å². The largest absolute Gasteiger partial charge is 0.423 e. The van der Waals surface area contributed by atoms with Crippen LogP contribution in [0.1, 0.15) is 5.56 Å². The second-order valence-electron chi connectivity index (χ2n) is 4.21. The van der Waals surface area contributed by atoms with Crippen molar-refractivity contribution in [1.29, 1.82) is 0 Å². The summed E-state index contributed by atoms with van der Waals surface area (Å²) in [7, 11) is 3.61. The number of ether oxygens (including phenoxy) is 1. The first-order valence-electron chi connectivity index (χ1n) is 5.58. The number of rotatable bonds is 3. The third kappa shape index (κ3) is 3.23. The Kier molecular flexibility index (Phi) is 3.71. The normalized spacial score (nSPS) is 10.3. The minimum Gasteiger partial charge on any atom is -0.423 e. The van der Waals surface area contributed by atoms with Crippen LogP contribution >= 0.6 is 11.6 Å². The molecule has 100 valence electrons. The number of nitrogens with zero attached hydrogens (tertiary/aromatic N) is 4. The summed E-state index contributed by atoms with van der Waals surface area (Å²) in [4.78, 5) is 13.8. The molecule has 0 unspecified atom stereocenters. The molecule has 0 bridgehead atoms. The van der Waals surface area contributed by atoms with Gasteiger partial charge in [0.2, 0.25) is 11.9 Å². The van der Waals surface area contributed by atoms with Crippen LogP contribution in [0.2, 0.25) is 5.02 Å². The number of benzene rings is 1. The molecule has 2 N–H and O–H groups in total. The third-order valence-corrected chi connectivity index (χ3v) is 2.62. The molecule has 0 aliphatic rings. The van der Waals surface area contributed by atoms with Crippen molar-refractivity contribution in [3.8, 4) is 11.8 Å². The Morgan fingerprint density at radius 1 is 1.21 bits per heavy atom. The molecule has 0 aliphatic heterocycles. The summed E-state index contributed by atoms with van der Waals surface area (Å²) in [6.07, 6.45) is 0. The van der Waals surface area contributed by atoms with Gasteiger partial charge in [0.25, 0.3) is 0 Å². The zero-order chi connectivity index (χ0) is 14.0. The molecule has 19 heavy (non-hydrogen) atoms. The molecule has 0 saturated heterocycles. The summed E-state index contributed by atoms with van der Waals surface area (Å²) >= 11 is 6.05. The molecule has 1 aromatic carbocycles. The number of halogens is 1. The SMILES string of the molecule is Cc1ccc(Cl)c(Oc2nc(N)nc(N(C)C)n2)c1. The van der Waals surface area contributed by atoms with Crippen molar-refractivity contribution in [1.82, 2.24) is 15.0 Å². The van der Waals surface area contributed by atoms with E-state index in [0.29, 0.717) is 16.7 Å². The van der Waals surface area contributed by atoms with Crippen molar-refractivity contribution in [2.75, 3.05) is 24.7 Å². The minimum absolute atomic E-state index is 0.0949. The zero-order valence-corrected chi connectivity index (χ0v) is 11.6. The van der Waals surface area contributed by atoms with Crippen molar-refractivity contribution in [2.24, 2.45) is 0 Å². The number of aryl methyl sites for hydroxylation is 1. The summed E-state index contributed by atoms with van der Waals surface area (Å²) in [5.41, 5.74) is 6.64. The highest BCUT2D eigenvalue weighted by Gasteiger charge is 2.10. The molecule has 1 heterocycles. The number of hydrogen-bond acceptors (Lipinski definition) is 6. The lowest BCUT2D eigenvalue weighted by molar-refractivity contribution is 0.441. The molecule has 0 amide bonds. The summed E-state index contributed by atoms with van der Waals surface area (Å²) in [5.74, 6) is 1.00. The van der Waals surface area contributed by atoms with Crippen LogP contribution in [0.4, 0.5) is 11.9 Å². The summed E-state index contributed by atoms with van der Waals surface area (Å²) in [6, 6.07) is 5.56. The van der Waals surface area contributed by atoms with Crippen LogP contribution in [0, 0.1) is 6.92 Å². The fourth-order valence-electron chi connectivity index (χ4n) is 1.39. The Balaban J connectivity index is 2.35. The Hall–Kier alpha value is -2.08. The Labute approximate surface area is 116 Å². The standard InChI is InChI=1S/C12H14ClN5O/c1-7-4-5-8(13)9(6-7)19-12-16-10(14)15-11(17-12)18(2)3/h4-6H,1-3H3,(H2,14,15,16,17). The maximum Gasteiger partial charge on any atom is 0.328 e. The molecule has 2 rings (SSSR count). The van der Waals surface area contributed by atoms with Gasteiger partial charge in [-0.3, -0.25) is 0 Å². The molecule has 7 heteroatoms. The van der Waals surface area contributed by atoms with Crippen LogP contribution in [-0.4, -0.2) is 29.0 Å². The summed E-state index contributed by atoms with van der Waals surface area (Å²) in [6.45, 7) is 1.94. The van der Waals surface area contributed by atoms with Gasteiger partial charge >= 0.3 is 6.01 Å². The summed E-state index contributed by atoms with van der Waals surface area (Å²) < 4.78 is 5.56. The number of hydrogen-bond donors (Lipinski definition) is 1. The first kappa shape index (κ1) is 13.4. The molecule has 0 saturated carbocycles. The van der Waals surface area contributed by atoms with Crippen molar-refractivity contribution in [3.63, 3.8) is 0 Å². The van der Waals surface area contributed by atoms with Crippen LogP contribution in [0.25, 0.3) is 0 Å². The Morgan fingerprint density at radius 3 is 2.63 bits per heavy atom. The van der Waals surface area contributed by atoms with Gasteiger partial charge in [-0.25, -0.2) is 0 Å². The predicted octanol–water partition coefficient (Wildman–Crippen LogP) is 2.27. The van der Waals surface area contributed by atoms with E-state index in [1.165, 1.54) is 0 Å². The third-order valence-electron chi connectivity index (χ3n) is 2.31. The smallest absolute Gasteiger partial charge is 0.328 e. The first-order valence-corrected chi connectivity index (χ1v) is 5.96. The zero-order valence-electron chi connectivity index (χ0n) is 10.9. The maximum absolute atomic E-state index is 6.05. The quantitative estimate of drug-likeness (QED) is 0.929. The van der Waals surface area contributed by atoms with Gasteiger partial charge in [-0.05, 0) is 24.6 Å². The maximum atomic E-state index is 6.05. The van der Waals surface area contributed by atoms with Gasteiger partial charge in [-0.1, -0.05) is 17.7 Å². The van der Waals surface area contributed by atoms with Gasteiger partial charge in [-0.15, -0.1) is 0 Å². The highest BCUT2D eigenvalue weighted by molar-refractivity contribution is 6.32. The van der Waals surface area contributed by atoms with E-state index in [2.05, 4.69) is 15.0 Å². The molecule has 2 aromatic rings. The number of anilines is 2. The molecular weight excluding hydrogens is 266 g/mol. The van der Waals surface area contributed by atoms with Gasteiger partial charge in [0.1, 0.15) is 5.75 Å². The van der Waals surface area contributed by atoms with E-state index >= 15 is 0 Å². The highest BCUT2D eigenvalue weighted by Crippen LogP contribution is 2.29. The van der Waals surface area contributed by atoms with Gasteiger partial charge in [-0.2, -0.15) is 15.0 Å². The molecule has 0 radical (unpaired) electrons. The van der Waals surface area contributed by atoms with Gasteiger partial charge in [0, 0.05) is 14.1 Å². The van der Waals surface area contributed by atoms with Gasteiger partial charge in [0.15, 0.2) is 0 Å². The molecule has 1 aromatic heterocycles. The summed E-state index contributed by atoms with van der Waals surface area (Å²) in [5, 5.41) is 0.482. The van der Waals surface area contributed by atoms with E-state index in [9.17, 15) is 0 Å². The molecule has 0 fully saturated rings. The lowest BCUT2D eigenvalue weighted by atomic mass is 10.2. The highest BCUT2D eigenvalue weighted by atomic mass is 35.5. The first-order chi connectivity index (χ1) is 8.95.